The first-order valence-electron chi connectivity index (χ1n) is 8.54. The van der Waals surface area contributed by atoms with Gasteiger partial charge in [0.1, 0.15) is 5.82 Å². The summed E-state index contributed by atoms with van der Waals surface area (Å²) in [4.78, 5) is 26.7. The Kier molecular flexibility index (Phi) is 3.45. The van der Waals surface area contributed by atoms with Crippen LogP contribution in [-0.4, -0.2) is 33.8 Å². The minimum atomic E-state index is -0.425. The first kappa shape index (κ1) is 16.0. The van der Waals surface area contributed by atoms with Crippen molar-refractivity contribution in [3.05, 3.63) is 46.9 Å². The predicted octanol–water partition coefficient (Wildman–Crippen LogP) is 2.39. The number of rotatable bonds is 3. The summed E-state index contributed by atoms with van der Waals surface area (Å²) in [6.07, 6.45) is 2.92. The quantitative estimate of drug-likeness (QED) is 0.773. The monoisotopic (exact) mass is 375 g/mol. The summed E-state index contributed by atoms with van der Waals surface area (Å²) in [5.41, 5.74) is 0.311. The fourth-order valence-corrected chi connectivity index (χ4v) is 4.56. The molecule has 3 aliphatic heterocycles. The van der Waals surface area contributed by atoms with E-state index in [0.29, 0.717) is 10.6 Å². The van der Waals surface area contributed by atoms with Crippen molar-refractivity contribution >= 4 is 29.2 Å². The van der Waals surface area contributed by atoms with Gasteiger partial charge in [0.25, 0.3) is 0 Å². The molecule has 2 bridgehead atoms. The van der Waals surface area contributed by atoms with E-state index >= 15 is 0 Å². The number of ether oxygens (including phenoxy) is 1. The second-order valence-electron chi connectivity index (χ2n) is 6.93. The summed E-state index contributed by atoms with van der Waals surface area (Å²) in [6, 6.07) is 6.06. The number of fused-ring (bicyclic) bond motifs is 5. The van der Waals surface area contributed by atoms with Gasteiger partial charge in [-0.2, -0.15) is 5.10 Å². The van der Waals surface area contributed by atoms with Gasteiger partial charge in [0, 0.05) is 22.8 Å². The molecule has 0 radical (unpaired) electrons. The number of carbonyl (C=O) groups is 2. The maximum Gasteiger partial charge on any atom is 0.241 e. The van der Waals surface area contributed by atoms with Gasteiger partial charge < -0.3 is 4.74 Å². The van der Waals surface area contributed by atoms with Crippen molar-refractivity contribution in [2.45, 2.75) is 31.6 Å². The molecule has 2 aromatic rings. The molecule has 0 saturated carbocycles. The number of hydrogen-bond acceptors (Lipinski definition) is 4. The van der Waals surface area contributed by atoms with Crippen molar-refractivity contribution in [2.24, 2.45) is 11.8 Å². The van der Waals surface area contributed by atoms with Gasteiger partial charge in [0.2, 0.25) is 11.8 Å². The van der Waals surface area contributed by atoms with Crippen molar-refractivity contribution in [1.29, 1.82) is 0 Å². The van der Waals surface area contributed by atoms with Crippen LogP contribution in [0.4, 0.5) is 10.2 Å². The van der Waals surface area contributed by atoms with E-state index in [9.17, 15) is 14.0 Å². The van der Waals surface area contributed by atoms with Crippen LogP contribution in [0, 0.1) is 17.7 Å². The Morgan fingerprint density at radius 3 is 2.50 bits per heavy atom. The van der Waals surface area contributed by atoms with Crippen LogP contribution < -0.4 is 4.90 Å². The highest BCUT2D eigenvalue weighted by Crippen LogP contribution is 2.49. The molecule has 0 N–H and O–H groups in total. The van der Waals surface area contributed by atoms with Gasteiger partial charge in [-0.15, -0.1) is 0 Å². The smallest absolute Gasteiger partial charge is 0.241 e. The number of benzene rings is 1. The van der Waals surface area contributed by atoms with E-state index in [1.165, 1.54) is 16.8 Å². The van der Waals surface area contributed by atoms with Crippen LogP contribution in [0.5, 0.6) is 0 Å². The lowest BCUT2D eigenvalue weighted by molar-refractivity contribution is -0.124. The summed E-state index contributed by atoms with van der Waals surface area (Å²) in [7, 11) is 0. The van der Waals surface area contributed by atoms with Gasteiger partial charge in [0.15, 0.2) is 5.82 Å². The lowest BCUT2D eigenvalue weighted by atomic mass is 9.81. The zero-order valence-electron chi connectivity index (χ0n) is 13.6. The average molecular weight is 376 g/mol. The van der Waals surface area contributed by atoms with E-state index < -0.39 is 17.7 Å². The number of amides is 2. The number of nitrogens with zero attached hydrogens (tertiary/aromatic N) is 3. The highest BCUT2D eigenvalue weighted by atomic mass is 35.5. The van der Waals surface area contributed by atoms with Crippen molar-refractivity contribution < 1.29 is 18.7 Å². The van der Waals surface area contributed by atoms with E-state index in [1.54, 1.807) is 18.3 Å². The molecule has 3 aliphatic rings. The number of aromatic nitrogens is 2. The maximum atomic E-state index is 14.0. The number of halogens is 2. The molecule has 0 spiro atoms. The highest BCUT2D eigenvalue weighted by molar-refractivity contribution is 6.31. The summed E-state index contributed by atoms with van der Waals surface area (Å²) in [5.74, 6) is -1.45. The second kappa shape index (κ2) is 5.62. The fourth-order valence-electron chi connectivity index (χ4n) is 4.34. The Balaban J connectivity index is 1.42. The Morgan fingerprint density at radius 1 is 1.15 bits per heavy atom. The number of hydrogen-bond donors (Lipinski definition) is 0. The molecule has 4 heterocycles. The van der Waals surface area contributed by atoms with Gasteiger partial charge in [-0.05, 0) is 25.0 Å². The van der Waals surface area contributed by atoms with Crippen LogP contribution in [0.15, 0.2) is 30.5 Å². The van der Waals surface area contributed by atoms with Crippen molar-refractivity contribution in [3.63, 3.8) is 0 Å². The van der Waals surface area contributed by atoms with Gasteiger partial charge in [-0.25, -0.2) is 9.29 Å². The van der Waals surface area contributed by atoms with Gasteiger partial charge in [-0.3, -0.25) is 14.3 Å². The van der Waals surface area contributed by atoms with Gasteiger partial charge >= 0.3 is 0 Å². The van der Waals surface area contributed by atoms with Gasteiger partial charge in [-0.1, -0.05) is 17.7 Å². The zero-order chi connectivity index (χ0) is 18.0. The molecule has 4 atom stereocenters. The molecule has 8 heteroatoms. The third kappa shape index (κ3) is 2.17. The molecule has 6 nitrogen and oxygen atoms in total. The summed E-state index contributed by atoms with van der Waals surface area (Å²) < 4.78 is 21.2. The highest BCUT2D eigenvalue weighted by Gasteiger charge is 2.63. The maximum absolute atomic E-state index is 14.0. The Bertz CT molecular complexity index is 882. The van der Waals surface area contributed by atoms with E-state index in [1.807, 2.05) is 0 Å². The molecule has 0 aliphatic carbocycles. The van der Waals surface area contributed by atoms with Crippen LogP contribution in [-0.2, 0) is 20.9 Å². The Morgan fingerprint density at radius 2 is 1.85 bits per heavy atom. The van der Waals surface area contributed by atoms with E-state index in [4.69, 9.17) is 16.3 Å². The molecule has 2 amide bonds. The number of anilines is 1. The summed E-state index contributed by atoms with van der Waals surface area (Å²) in [6.45, 7) is 0.114. The van der Waals surface area contributed by atoms with Crippen LogP contribution in [0.1, 0.15) is 18.4 Å². The zero-order valence-corrected chi connectivity index (χ0v) is 14.4. The van der Waals surface area contributed by atoms with Crippen LogP contribution in [0.3, 0.4) is 0 Å². The Labute approximate surface area is 153 Å². The largest absolute Gasteiger partial charge is 0.373 e. The van der Waals surface area contributed by atoms with E-state index in [2.05, 4.69) is 5.10 Å². The van der Waals surface area contributed by atoms with Crippen molar-refractivity contribution in [3.8, 4) is 0 Å². The fraction of sp³-hybridized carbons (Fsp3) is 0.389. The molecule has 0 unspecified atom stereocenters. The first-order valence-corrected chi connectivity index (χ1v) is 8.92. The second-order valence-corrected chi connectivity index (χ2v) is 7.33. The van der Waals surface area contributed by atoms with Crippen LogP contribution in [0.2, 0.25) is 5.02 Å². The van der Waals surface area contributed by atoms with E-state index in [-0.39, 0.29) is 36.4 Å². The molecule has 1 aromatic heterocycles. The first-order chi connectivity index (χ1) is 12.5. The molecule has 5 rings (SSSR count). The lowest BCUT2D eigenvalue weighted by Crippen LogP contribution is -2.34. The summed E-state index contributed by atoms with van der Waals surface area (Å²) >= 11 is 6.05. The van der Waals surface area contributed by atoms with Crippen molar-refractivity contribution in [2.75, 3.05) is 4.90 Å². The molecule has 3 saturated heterocycles. The third-order valence-electron chi connectivity index (χ3n) is 5.52. The standard InChI is InChI=1S/C18H15ClFN3O3/c19-10-2-1-3-11(20)9(10)8-22-7-6-14(21-22)23-17(24)15-12-4-5-13(26-12)16(15)18(23)25/h1-3,6-7,12-13,15-16H,4-5,8H2/t12-,13+,15-,16-/m0/s1. The SMILES string of the molecule is O=C1[C@@H]2[C@@H](C(=O)N1c1ccn(Cc3c(F)cccc3Cl)n1)[C@H]1CC[C@@H]2O1. The molecular formula is C18H15ClFN3O3. The Hall–Kier alpha value is -2.25. The molecule has 26 heavy (non-hydrogen) atoms. The lowest BCUT2D eigenvalue weighted by Gasteiger charge is -2.15. The normalized spacial score (nSPS) is 29.7. The van der Waals surface area contributed by atoms with E-state index in [0.717, 1.165) is 17.7 Å². The number of carbonyl (C=O) groups excluding carboxylic acids is 2. The molecule has 3 fully saturated rings. The van der Waals surface area contributed by atoms with Crippen LogP contribution in [0.25, 0.3) is 0 Å². The van der Waals surface area contributed by atoms with Gasteiger partial charge in [0.05, 0.1) is 30.6 Å². The molecule has 134 valence electrons. The molecular weight excluding hydrogens is 361 g/mol. The molecule has 1 aromatic carbocycles. The predicted molar refractivity (Wildman–Crippen MR) is 90.1 cm³/mol. The van der Waals surface area contributed by atoms with Crippen molar-refractivity contribution in [1.82, 2.24) is 9.78 Å². The average Bonchev–Trinajstić information content (AvgIpc) is 3.36. The number of imide groups is 1. The third-order valence-corrected chi connectivity index (χ3v) is 5.88. The van der Waals surface area contributed by atoms with Crippen LogP contribution >= 0.6 is 11.6 Å². The summed E-state index contributed by atoms with van der Waals surface area (Å²) in [5, 5.41) is 4.61. The minimum Gasteiger partial charge on any atom is -0.373 e. The minimum absolute atomic E-state index is 0.114. The topological polar surface area (TPSA) is 64.4 Å².